The number of aryl methyl sites for hydroxylation is 2. The first-order valence-electron chi connectivity index (χ1n) is 10.2. The zero-order chi connectivity index (χ0) is 21.9. The molecule has 156 valence electrons. The highest BCUT2D eigenvalue weighted by molar-refractivity contribution is 5.91. The molecule has 1 heterocycles. The van der Waals surface area contributed by atoms with Crippen LogP contribution in [0, 0.1) is 13.8 Å². The summed E-state index contributed by atoms with van der Waals surface area (Å²) in [7, 11) is 0. The SMILES string of the molecule is CC(=O)Nc1c(OCc2ccccc2)cc(-c2ccc(C(C)(C)C)cc2C)nc1C. The maximum Gasteiger partial charge on any atom is 0.221 e. The summed E-state index contributed by atoms with van der Waals surface area (Å²) >= 11 is 0. The number of rotatable bonds is 5. The van der Waals surface area contributed by atoms with Crippen molar-refractivity contribution in [2.24, 2.45) is 0 Å². The quantitative estimate of drug-likeness (QED) is 0.553. The van der Waals surface area contributed by atoms with E-state index in [2.05, 4.69) is 51.2 Å². The third kappa shape index (κ3) is 5.07. The Balaban J connectivity index is 2.02. The van der Waals surface area contributed by atoms with E-state index in [4.69, 9.17) is 9.72 Å². The second kappa shape index (κ2) is 8.70. The van der Waals surface area contributed by atoms with Crippen molar-refractivity contribution in [1.82, 2.24) is 4.98 Å². The van der Waals surface area contributed by atoms with Crippen LogP contribution in [0.3, 0.4) is 0 Å². The highest BCUT2D eigenvalue weighted by atomic mass is 16.5. The average molecular weight is 403 g/mol. The van der Waals surface area contributed by atoms with Gasteiger partial charge in [0.2, 0.25) is 5.91 Å². The molecule has 3 rings (SSSR count). The summed E-state index contributed by atoms with van der Waals surface area (Å²) in [6.07, 6.45) is 0. The molecule has 0 aliphatic carbocycles. The van der Waals surface area contributed by atoms with Gasteiger partial charge in [0.1, 0.15) is 18.0 Å². The molecule has 0 atom stereocenters. The van der Waals surface area contributed by atoms with Gasteiger partial charge in [-0.2, -0.15) is 0 Å². The summed E-state index contributed by atoms with van der Waals surface area (Å²) in [4.78, 5) is 16.5. The zero-order valence-corrected chi connectivity index (χ0v) is 18.7. The summed E-state index contributed by atoms with van der Waals surface area (Å²) < 4.78 is 6.13. The van der Waals surface area contributed by atoms with E-state index in [9.17, 15) is 4.79 Å². The molecule has 3 aromatic rings. The van der Waals surface area contributed by atoms with E-state index in [1.54, 1.807) is 0 Å². The van der Waals surface area contributed by atoms with Crippen LogP contribution in [-0.2, 0) is 16.8 Å². The molecule has 0 unspecified atom stereocenters. The van der Waals surface area contributed by atoms with E-state index in [1.165, 1.54) is 12.5 Å². The molecule has 0 fully saturated rings. The van der Waals surface area contributed by atoms with Crippen molar-refractivity contribution in [1.29, 1.82) is 0 Å². The van der Waals surface area contributed by atoms with Crippen molar-refractivity contribution >= 4 is 11.6 Å². The summed E-state index contributed by atoms with van der Waals surface area (Å²) in [5.74, 6) is 0.471. The highest BCUT2D eigenvalue weighted by Gasteiger charge is 2.18. The lowest BCUT2D eigenvalue weighted by Gasteiger charge is -2.21. The monoisotopic (exact) mass is 402 g/mol. The number of pyridine rings is 1. The van der Waals surface area contributed by atoms with Crippen LogP contribution in [0.2, 0.25) is 0 Å². The van der Waals surface area contributed by atoms with Crippen LogP contribution < -0.4 is 10.1 Å². The van der Waals surface area contributed by atoms with Crippen LogP contribution in [0.4, 0.5) is 5.69 Å². The number of carbonyl (C=O) groups is 1. The van der Waals surface area contributed by atoms with Crippen molar-refractivity contribution < 1.29 is 9.53 Å². The standard InChI is InChI=1S/C26H30N2O2/c1-17-14-21(26(4,5)6)12-13-22(17)23-15-24(25(18(2)27-23)28-19(3)29)30-16-20-10-8-7-9-11-20/h7-15H,16H2,1-6H3,(H,28,29). The Hall–Kier alpha value is -3.14. The number of hydrogen-bond donors (Lipinski definition) is 1. The molecule has 0 aliphatic rings. The summed E-state index contributed by atoms with van der Waals surface area (Å²) in [5.41, 5.74) is 6.84. The van der Waals surface area contributed by atoms with Crippen molar-refractivity contribution in [2.75, 3.05) is 5.32 Å². The Bertz CT molecular complexity index is 1050. The van der Waals surface area contributed by atoms with Gasteiger partial charge in [0, 0.05) is 18.6 Å². The minimum Gasteiger partial charge on any atom is -0.487 e. The van der Waals surface area contributed by atoms with Gasteiger partial charge in [0.05, 0.1) is 11.4 Å². The number of nitrogens with zero attached hydrogens (tertiary/aromatic N) is 1. The van der Waals surface area contributed by atoms with Gasteiger partial charge in [-0.25, -0.2) is 0 Å². The Kier molecular flexibility index (Phi) is 6.25. The maximum atomic E-state index is 11.7. The number of ether oxygens (including phenoxy) is 1. The fourth-order valence-corrected chi connectivity index (χ4v) is 3.38. The lowest BCUT2D eigenvalue weighted by molar-refractivity contribution is -0.114. The second-order valence-electron chi connectivity index (χ2n) is 8.70. The molecular formula is C26H30N2O2. The molecule has 4 nitrogen and oxygen atoms in total. The third-order valence-corrected chi connectivity index (χ3v) is 5.07. The molecule has 30 heavy (non-hydrogen) atoms. The molecule has 0 bridgehead atoms. The minimum atomic E-state index is -0.150. The predicted octanol–water partition coefficient (Wildman–Crippen LogP) is 6.20. The van der Waals surface area contributed by atoms with E-state index < -0.39 is 0 Å². The Morgan fingerprint density at radius 3 is 2.33 bits per heavy atom. The summed E-state index contributed by atoms with van der Waals surface area (Å²) in [5, 5.41) is 2.87. The van der Waals surface area contributed by atoms with Crippen LogP contribution >= 0.6 is 0 Å². The van der Waals surface area contributed by atoms with Crippen LogP contribution in [0.5, 0.6) is 5.75 Å². The number of carbonyl (C=O) groups excluding carboxylic acids is 1. The number of anilines is 1. The van der Waals surface area contributed by atoms with Crippen molar-refractivity contribution in [3.8, 4) is 17.0 Å². The molecule has 0 saturated heterocycles. The lowest BCUT2D eigenvalue weighted by atomic mass is 9.85. The van der Waals surface area contributed by atoms with Gasteiger partial charge in [0.15, 0.2) is 0 Å². The summed E-state index contributed by atoms with van der Waals surface area (Å²) in [6, 6.07) is 18.4. The van der Waals surface area contributed by atoms with Crippen molar-refractivity contribution in [3.05, 3.63) is 77.0 Å². The van der Waals surface area contributed by atoms with E-state index >= 15 is 0 Å². The first-order chi connectivity index (χ1) is 14.1. The molecule has 1 N–H and O–H groups in total. The normalized spacial score (nSPS) is 11.3. The predicted molar refractivity (Wildman–Crippen MR) is 123 cm³/mol. The molecule has 1 aromatic heterocycles. The van der Waals surface area contributed by atoms with Crippen molar-refractivity contribution in [2.45, 2.75) is 53.6 Å². The minimum absolute atomic E-state index is 0.0891. The van der Waals surface area contributed by atoms with E-state index in [1.807, 2.05) is 43.3 Å². The molecule has 0 radical (unpaired) electrons. The van der Waals surface area contributed by atoms with Crippen molar-refractivity contribution in [3.63, 3.8) is 0 Å². The van der Waals surface area contributed by atoms with Crippen LogP contribution in [0.25, 0.3) is 11.3 Å². The molecule has 1 amide bonds. The molecular weight excluding hydrogens is 372 g/mol. The van der Waals surface area contributed by atoms with Crippen LogP contribution in [-0.4, -0.2) is 10.9 Å². The molecule has 2 aromatic carbocycles. The second-order valence-corrected chi connectivity index (χ2v) is 8.70. The van der Waals surface area contributed by atoms with E-state index in [-0.39, 0.29) is 11.3 Å². The largest absolute Gasteiger partial charge is 0.487 e. The van der Waals surface area contributed by atoms with Gasteiger partial charge < -0.3 is 10.1 Å². The highest BCUT2D eigenvalue weighted by Crippen LogP contribution is 2.35. The first-order valence-corrected chi connectivity index (χ1v) is 10.2. The van der Waals surface area contributed by atoms with Gasteiger partial charge in [-0.05, 0) is 36.0 Å². The van der Waals surface area contributed by atoms with Gasteiger partial charge in [-0.3, -0.25) is 9.78 Å². The van der Waals surface area contributed by atoms with Crippen LogP contribution in [0.15, 0.2) is 54.6 Å². The number of benzene rings is 2. The van der Waals surface area contributed by atoms with Crippen LogP contribution in [0.1, 0.15) is 50.1 Å². The number of aromatic nitrogens is 1. The molecule has 0 aliphatic heterocycles. The number of amides is 1. The third-order valence-electron chi connectivity index (χ3n) is 5.07. The first kappa shape index (κ1) is 21.6. The molecule has 0 spiro atoms. The Labute approximate surface area is 179 Å². The summed E-state index contributed by atoms with van der Waals surface area (Å²) in [6.45, 7) is 12.5. The Morgan fingerprint density at radius 2 is 1.73 bits per heavy atom. The molecule has 4 heteroatoms. The van der Waals surface area contributed by atoms with Gasteiger partial charge in [-0.15, -0.1) is 0 Å². The molecule has 0 saturated carbocycles. The zero-order valence-electron chi connectivity index (χ0n) is 18.7. The van der Waals surface area contributed by atoms with Gasteiger partial charge in [0.25, 0.3) is 0 Å². The van der Waals surface area contributed by atoms with E-state index in [0.717, 1.165) is 28.1 Å². The lowest BCUT2D eigenvalue weighted by Crippen LogP contribution is -2.12. The topological polar surface area (TPSA) is 51.2 Å². The smallest absolute Gasteiger partial charge is 0.221 e. The Morgan fingerprint density at radius 1 is 1.03 bits per heavy atom. The fourth-order valence-electron chi connectivity index (χ4n) is 3.38. The van der Waals surface area contributed by atoms with Gasteiger partial charge >= 0.3 is 0 Å². The maximum absolute atomic E-state index is 11.7. The van der Waals surface area contributed by atoms with E-state index in [0.29, 0.717) is 18.0 Å². The average Bonchev–Trinajstić information content (AvgIpc) is 2.68. The fraction of sp³-hybridized carbons (Fsp3) is 0.308. The number of hydrogen-bond acceptors (Lipinski definition) is 3. The van der Waals surface area contributed by atoms with Gasteiger partial charge in [-0.1, -0.05) is 69.3 Å². The number of nitrogens with one attached hydrogen (secondary N) is 1.